The summed E-state index contributed by atoms with van der Waals surface area (Å²) >= 11 is 0. The van der Waals surface area contributed by atoms with E-state index in [1.54, 1.807) is 0 Å². The summed E-state index contributed by atoms with van der Waals surface area (Å²) in [5.74, 6) is 1.49. The van der Waals surface area contributed by atoms with E-state index in [0.29, 0.717) is 0 Å². The number of rotatable bonds is 24. The van der Waals surface area contributed by atoms with Gasteiger partial charge in [0.2, 0.25) is 0 Å². The molecular weight excluding hydrogens is 436 g/mol. The van der Waals surface area contributed by atoms with E-state index in [9.17, 15) is 0 Å². The number of hydrogen-bond donors (Lipinski definition) is 0. The summed E-state index contributed by atoms with van der Waals surface area (Å²) in [4.78, 5) is 0. The fourth-order valence-corrected chi connectivity index (χ4v) is 5.47. The molecule has 0 N–H and O–H groups in total. The second-order valence-electron chi connectivity index (χ2n) is 11.1. The molecule has 1 heterocycles. The van der Waals surface area contributed by atoms with E-state index in [2.05, 4.69) is 65.7 Å². The minimum absolute atomic E-state index is 1.17. The van der Waals surface area contributed by atoms with Gasteiger partial charge in [-0.3, -0.25) is 0 Å². The number of imidazole rings is 1. The lowest BCUT2D eigenvalue weighted by Crippen LogP contribution is -2.37. The molecule has 0 aliphatic carbocycles. The van der Waals surface area contributed by atoms with E-state index in [4.69, 9.17) is 0 Å². The number of unbranched alkanes of at least 4 members (excludes halogenated alkanes) is 19. The van der Waals surface area contributed by atoms with Crippen LogP contribution in [0.25, 0.3) is 5.69 Å². The minimum Gasteiger partial charge on any atom is -0.234 e. The fraction of sp³-hybridized carbons (Fsp3) is 0.735. The summed E-state index contributed by atoms with van der Waals surface area (Å²) in [6, 6.07) is 10.9. The van der Waals surface area contributed by atoms with Crippen molar-refractivity contribution in [2.24, 2.45) is 0 Å². The summed E-state index contributed by atoms with van der Waals surface area (Å²) in [5, 5.41) is 0. The van der Waals surface area contributed by atoms with Gasteiger partial charge in [0.25, 0.3) is 5.82 Å². The molecular formula is C34H59N2+. The Morgan fingerprint density at radius 3 is 1.47 bits per heavy atom. The topological polar surface area (TPSA) is 8.81 Å². The SMILES string of the molecule is CCCCCCCCCCCCC[n+]1ccn(-c2ccccc2)c1CCCCCCCCCCCC. The molecule has 0 radical (unpaired) electrons. The monoisotopic (exact) mass is 495 g/mol. The maximum Gasteiger partial charge on any atom is 0.261 e. The van der Waals surface area contributed by atoms with Gasteiger partial charge < -0.3 is 0 Å². The molecule has 0 atom stereocenters. The van der Waals surface area contributed by atoms with Gasteiger partial charge in [-0.2, -0.15) is 4.57 Å². The number of hydrogen-bond acceptors (Lipinski definition) is 0. The van der Waals surface area contributed by atoms with Gasteiger partial charge in [0.15, 0.2) is 0 Å². The molecule has 0 unspecified atom stereocenters. The Hall–Kier alpha value is -1.57. The maximum atomic E-state index is 2.55. The summed E-state index contributed by atoms with van der Waals surface area (Å²) < 4.78 is 4.99. The van der Waals surface area contributed by atoms with Crippen molar-refractivity contribution in [3.05, 3.63) is 48.5 Å². The highest BCUT2D eigenvalue weighted by Crippen LogP contribution is 2.15. The zero-order valence-electron chi connectivity index (χ0n) is 24.2. The van der Waals surface area contributed by atoms with Gasteiger partial charge in [-0.1, -0.05) is 148 Å². The van der Waals surface area contributed by atoms with Crippen LogP contribution in [0.1, 0.15) is 155 Å². The van der Waals surface area contributed by atoms with Gasteiger partial charge in [0.1, 0.15) is 18.1 Å². The predicted octanol–water partition coefficient (Wildman–Crippen LogP) is 10.5. The van der Waals surface area contributed by atoms with Gasteiger partial charge in [-0.15, -0.1) is 0 Å². The zero-order valence-corrected chi connectivity index (χ0v) is 24.2. The summed E-state index contributed by atoms with van der Waals surface area (Å²) in [7, 11) is 0. The molecule has 1 aromatic heterocycles. The van der Waals surface area contributed by atoms with Crippen molar-refractivity contribution in [3.63, 3.8) is 0 Å². The second kappa shape index (κ2) is 21.5. The zero-order chi connectivity index (χ0) is 25.5. The van der Waals surface area contributed by atoms with Crippen molar-refractivity contribution in [1.29, 1.82) is 0 Å². The van der Waals surface area contributed by atoms with Crippen LogP contribution in [0, 0.1) is 0 Å². The Bertz CT molecular complexity index is 733. The van der Waals surface area contributed by atoms with Gasteiger partial charge >= 0.3 is 0 Å². The molecule has 36 heavy (non-hydrogen) atoms. The first-order chi connectivity index (χ1) is 17.9. The lowest BCUT2D eigenvalue weighted by molar-refractivity contribution is -0.704. The van der Waals surface area contributed by atoms with Crippen LogP contribution in [0.15, 0.2) is 42.7 Å². The number of nitrogens with zero attached hydrogens (tertiary/aromatic N) is 2. The normalized spacial score (nSPS) is 11.4. The highest BCUT2D eigenvalue weighted by molar-refractivity contribution is 5.31. The van der Waals surface area contributed by atoms with Crippen LogP contribution in [-0.4, -0.2) is 4.57 Å². The molecule has 0 amide bonds. The Kier molecular flexibility index (Phi) is 18.3. The quantitative estimate of drug-likeness (QED) is 0.101. The van der Waals surface area contributed by atoms with Crippen LogP contribution in [0.3, 0.4) is 0 Å². The summed E-state index contributed by atoms with van der Waals surface area (Å²) in [5.41, 5.74) is 1.30. The van der Waals surface area contributed by atoms with E-state index < -0.39 is 0 Å². The maximum absolute atomic E-state index is 2.55. The number of para-hydroxylation sites is 1. The third kappa shape index (κ3) is 13.7. The molecule has 0 saturated heterocycles. The Morgan fingerprint density at radius 1 is 0.528 bits per heavy atom. The van der Waals surface area contributed by atoms with Crippen LogP contribution in [0.5, 0.6) is 0 Å². The van der Waals surface area contributed by atoms with Gasteiger partial charge in [0.05, 0.1) is 6.54 Å². The molecule has 1 aromatic carbocycles. The molecule has 2 heteroatoms. The van der Waals surface area contributed by atoms with Crippen LogP contribution >= 0.6 is 0 Å². The fourth-order valence-electron chi connectivity index (χ4n) is 5.47. The first-order valence-corrected chi connectivity index (χ1v) is 16.0. The lowest BCUT2D eigenvalue weighted by Gasteiger charge is -2.07. The molecule has 2 aromatic rings. The van der Waals surface area contributed by atoms with Crippen LogP contribution < -0.4 is 4.57 Å². The average molecular weight is 496 g/mol. The first kappa shape index (κ1) is 30.7. The largest absolute Gasteiger partial charge is 0.261 e. The van der Waals surface area contributed by atoms with Gasteiger partial charge in [0, 0.05) is 6.42 Å². The lowest BCUT2D eigenvalue weighted by atomic mass is 10.1. The third-order valence-electron chi connectivity index (χ3n) is 7.80. The van der Waals surface area contributed by atoms with Crippen molar-refractivity contribution < 1.29 is 4.57 Å². The van der Waals surface area contributed by atoms with Gasteiger partial charge in [-0.05, 0) is 31.4 Å². The predicted molar refractivity (Wildman–Crippen MR) is 158 cm³/mol. The van der Waals surface area contributed by atoms with Crippen LogP contribution in [0.2, 0.25) is 0 Å². The van der Waals surface area contributed by atoms with Crippen LogP contribution in [-0.2, 0) is 13.0 Å². The van der Waals surface area contributed by atoms with Crippen molar-refractivity contribution in [1.82, 2.24) is 4.57 Å². The molecule has 0 fully saturated rings. The Balaban J connectivity index is 1.68. The van der Waals surface area contributed by atoms with E-state index in [-0.39, 0.29) is 0 Å². The molecule has 0 spiro atoms. The summed E-state index contributed by atoms with van der Waals surface area (Å²) in [6.45, 7) is 5.77. The van der Waals surface area contributed by atoms with Crippen molar-refractivity contribution in [3.8, 4) is 5.69 Å². The molecule has 2 nitrogen and oxygen atoms in total. The van der Waals surface area contributed by atoms with E-state index in [1.807, 2.05) is 0 Å². The Morgan fingerprint density at radius 2 is 0.972 bits per heavy atom. The minimum atomic E-state index is 1.17. The summed E-state index contributed by atoms with van der Waals surface area (Å²) in [6.07, 6.45) is 35.3. The molecule has 0 saturated carbocycles. The van der Waals surface area contributed by atoms with Crippen molar-refractivity contribution in [2.45, 2.75) is 162 Å². The standard InChI is InChI=1S/C34H59N2/c1-3-5-7-9-11-13-15-17-19-21-26-30-35-31-32-36(33-27-23-22-24-28-33)34(35)29-25-20-18-16-14-12-10-8-6-4-2/h22-24,27-28,31-32H,3-21,25-26,29-30H2,1-2H3/q+1. The first-order valence-electron chi connectivity index (χ1n) is 16.0. The molecule has 0 aliphatic rings. The Labute approximate surface area is 224 Å². The van der Waals surface area contributed by atoms with E-state index in [1.165, 1.54) is 159 Å². The number of benzene rings is 1. The molecule has 0 bridgehead atoms. The molecule has 204 valence electrons. The highest BCUT2D eigenvalue weighted by atomic mass is 15.1. The second-order valence-corrected chi connectivity index (χ2v) is 11.1. The van der Waals surface area contributed by atoms with E-state index in [0.717, 1.165) is 0 Å². The average Bonchev–Trinajstić information content (AvgIpc) is 3.31. The van der Waals surface area contributed by atoms with Crippen molar-refractivity contribution in [2.75, 3.05) is 0 Å². The van der Waals surface area contributed by atoms with Gasteiger partial charge in [-0.25, -0.2) is 4.57 Å². The smallest absolute Gasteiger partial charge is 0.234 e. The van der Waals surface area contributed by atoms with E-state index >= 15 is 0 Å². The van der Waals surface area contributed by atoms with Crippen molar-refractivity contribution >= 4 is 0 Å². The third-order valence-corrected chi connectivity index (χ3v) is 7.80. The molecule has 2 rings (SSSR count). The van der Waals surface area contributed by atoms with Crippen LogP contribution in [0.4, 0.5) is 0 Å². The number of aromatic nitrogens is 2. The number of aryl methyl sites for hydroxylation is 1. The highest BCUT2D eigenvalue weighted by Gasteiger charge is 2.18. The molecule has 0 aliphatic heterocycles.